The Bertz CT molecular complexity index is 477. The van der Waals surface area contributed by atoms with Crippen molar-refractivity contribution in [3.05, 3.63) is 17.5 Å². The van der Waals surface area contributed by atoms with Crippen molar-refractivity contribution >= 4 is 6.09 Å². The molecule has 6 nitrogen and oxygen atoms in total. The summed E-state index contributed by atoms with van der Waals surface area (Å²) in [5.74, 6) is 0. The lowest BCUT2D eigenvalue weighted by Crippen LogP contribution is -2.41. The van der Waals surface area contributed by atoms with Crippen molar-refractivity contribution in [2.45, 2.75) is 66.2 Å². The molecule has 0 aliphatic carbocycles. The molecule has 0 bridgehead atoms. The maximum atomic E-state index is 11.5. The molecule has 0 saturated heterocycles. The molecule has 2 N–H and O–H groups in total. The lowest BCUT2D eigenvalue weighted by Gasteiger charge is -2.21. The molecule has 1 amide bonds. The number of hydrogen-bond donors (Lipinski definition) is 2. The van der Waals surface area contributed by atoms with Crippen LogP contribution in [0.2, 0.25) is 0 Å². The molecule has 1 aromatic rings. The third-order valence-corrected chi connectivity index (χ3v) is 3.09. The summed E-state index contributed by atoms with van der Waals surface area (Å²) in [4.78, 5) is 11.5. The van der Waals surface area contributed by atoms with Gasteiger partial charge < -0.3 is 15.4 Å². The van der Waals surface area contributed by atoms with Crippen molar-refractivity contribution in [2.24, 2.45) is 0 Å². The van der Waals surface area contributed by atoms with E-state index in [4.69, 9.17) is 4.74 Å². The molecule has 0 fully saturated rings. The summed E-state index contributed by atoms with van der Waals surface area (Å²) in [5.41, 5.74) is 1.79. The second-order valence-corrected chi connectivity index (χ2v) is 6.74. The molecular weight excluding hydrogens is 280 g/mol. The van der Waals surface area contributed by atoms with Crippen LogP contribution in [0.4, 0.5) is 4.79 Å². The lowest BCUT2D eigenvalue weighted by atomic mass is 10.2. The maximum absolute atomic E-state index is 11.5. The molecule has 0 spiro atoms. The van der Waals surface area contributed by atoms with E-state index in [0.29, 0.717) is 6.54 Å². The molecular formula is C16H30N4O2. The van der Waals surface area contributed by atoms with Gasteiger partial charge in [-0.05, 0) is 60.6 Å². The number of rotatable bonds is 7. The van der Waals surface area contributed by atoms with Crippen LogP contribution in [0.15, 0.2) is 6.07 Å². The van der Waals surface area contributed by atoms with Crippen LogP contribution in [0.3, 0.4) is 0 Å². The van der Waals surface area contributed by atoms with Crippen molar-refractivity contribution in [1.29, 1.82) is 0 Å². The minimum absolute atomic E-state index is 0.202. The Morgan fingerprint density at radius 2 is 2.09 bits per heavy atom. The number of alkyl carbamates (subject to hydrolysis) is 1. The molecule has 6 heteroatoms. The molecule has 0 radical (unpaired) electrons. The average molecular weight is 310 g/mol. The first-order valence-corrected chi connectivity index (χ1v) is 7.88. The van der Waals surface area contributed by atoms with Gasteiger partial charge in [0.05, 0.1) is 5.69 Å². The van der Waals surface area contributed by atoms with E-state index in [1.54, 1.807) is 0 Å². The van der Waals surface area contributed by atoms with Crippen molar-refractivity contribution in [2.75, 3.05) is 13.1 Å². The molecule has 1 unspecified atom stereocenters. The van der Waals surface area contributed by atoms with Crippen LogP contribution in [0.1, 0.15) is 45.5 Å². The van der Waals surface area contributed by atoms with E-state index < -0.39 is 5.60 Å². The van der Waals surface area contributed by atoms with Gasteiger partial charge in [-0.2, -0.15) is 5.10 Å². The summed E-state index contributed by atoms with van der Waals surface area (Å²) < 4.78 is 7.23. The fourth-order valence-electron chi connectivity index (χ4n) is 2.10. The van der Waals surface area contributed by atoms with Crippen LogP contribution in [-0.4, -0.2) is 40.6 Å². The van der Waals surface area contributed by atoms with E-state index >= 15 is 0 Å². The van der Waals surface area contributed by atoms with Crippen LogP contribution < -0.4 is 10.6 Å². The molecule has 1 heterocycles. The monoisotopic (exact) mass is 310 g/mol. The number of hydrogen-bond acceptors (Lipinski definition) is 4. The van der Waals surface area contributed by atoms with Gasteiger partial charge in [0, 0.05) is 24.8 Å². The summed E-state index contributed by atoms with van der Waals surface area (Å²) in [6.45, 7) is 14.0. The Balaban J connectivity index is 2.14. The number of aromatic nitrogens is 2. The SMILES string of the molecule is Cc1cc(C)n(CCCNC(C)CNC(=O)OC(C)(C)C)n1. The van der Waals surface area contributed by atoms with E-state index in [0.717, 1.165) is 25.2 Å². The molecule has 1 aromatic heterocycles. The minimum Gasteiger partial charge on any atom is -0.444 e. The molecule has 0 aliphatic rings. The zero-order valence-corrected chi connectivity index (χ0v) is 14.7. The average Bonchev–Trinajstić information content (AvgIpc) is 2.68. The molecule has 0 aromatic carbocycles. The van der Waals surface area contributed by atoms with E-state index in [2.05, 4.69) is 28.7 Å². The third-order valence-electron chi connectivity index (χ3n) is 3.09. The molecule has 22 heavy (non-hydrogen) atoms. The van der Waals surface area contributed by atoms with E-state index in [9.17, 15) is 4.79 Å². The van der Waals surface area contributed by atoms with E-state index in [-0.39, 0.29) is 12.1 Å². The smallest absolute Gasteiger partial charge is 0.407 e. The van der Waals surface area contributed by atoms with Crippen LogP contribution in [0.25, 0.3) is 0 Å². The summed E-state index contributed by atoms with van der Waals surface area (Å²) in [7, 11) is 0. The molecule has 1 rings (SSSR count). The highest BCUT2D eigenvalue weighted by Crippen LogP contribution is 2.06. The fourth-order valence-corrected chi connectivity index (χ4v) is 2.10. The predicted molar refractivity (Wildman–Crippen MR) is 88.0 cm³/mol. The Morgan fingerprint density at radius 1 is 1.41 bits per heavy atom. The Labute approximate surface area is 133 Å². The van der Waals surface area contributed by atoms with Gasteiger partial charge in [-0.25, -0.2) is 4.79 Å². The Kier molecular flexibility index (Phi) is 6.87. The normalized spacial score (nSPS) is 13.0. The number of ether oxygens (including phenoxy) is 1. The summed E-state index contributed by atoms with van der Waals surface area (Å²) in [6, 6.07) is 2.29. The number of nitrogens with one attached hydrogen (secondary N) is 2. The van der Waals surface area contributed by atoms with Gasteiger partial charge in [0.1, 0.15) is 5.60 Å². The molecule has 126 valence electrons. The first-order valence-electron chi connectivity index (χ1n) is 7.88. The maximum Gasteiger partial charge on any atom is 0.407 e. The van der Waals surface area contributed by atoms with Crippen molar-refractivity contribution in [3.8, 4) is 0 Å². The molecule has 0 aliphatic heterocycles. The van der Waals surface area contributed by atoms with E-state index in [1.165, 1.54) is 5.69 Å². The number of carbonyl (C=O) groups is 1. The number of carbonyl (C=O) groups excluding carboxylic acids is 1. The topological polar surface area (TPSA) is 68.2 Å². The zero-order chi connectivity index (χ0) is 16.8. The third kappa shape index (κ3) is 7.45. The first-order chi connectivity index (χ1) is 10.2. The largest absolute Gasteiger partial charge is 0.444 e. The molecule has 0 saturated carbocycles. The minimum atomic E-state index is -0.458. The van der Waals surface area contributed by atoms with Gasteiger partial charge >= 0.3 is 6.09 Å². The van der Waals surface area contributed by atoms with Gasteiger partial charge in [0.15, 0.2) is 0 Å². The summed E-state index contributed by atoms with van der Waals surface area (Å²) in [6.07, 6.45) is 0.627. The Morgan fingerprint density at radius 3 is 2.64 bits per heavy atom. The van der Waals surface area contributed by atoms with Crippen LogP contribution in [-0.2, 0) is 11.3 Å². The predicted octanol–water partition coefficient (Wildman–Crippen LogP) is 2.39. The number of aryl methyl sites for hydroxylation is 3. The number of nitrogens with zero attached hydrogens (tertiary/aromatic N) is 2. The highest BCUT2D eigenvalue weighted by atomic mass is 16.6. The first kappa shape index (κ1) is 18.5. The summed E-state index contributed by atoms with van der Waals surface area (Å²) >= 11 is 0. The quantitative estimate of drug-likeness (QED) is 0.759. The van der Waals surface area contributed by atoms with E-state index in [1.807, 2.05) is 39.3 Å². The Hall–Kier alpha value is -1.56. The van der Waals surface area contributed by atoms with Gasteiger partial charge in [-0.3, -0.25) is 4.68 Å². The highest BCUT2D eigenvalue weighted by Gasteiger charge is 2.16. The van der Waals surface area contributed by atoms with Gasteiger partial charge in [0.2, 0.25) is 0 Å². The standard InChI is InChI=1S/C16H30N4O2/c1-12-10-14(3)20(19-12)9-7-8-17-13(2)11-18-15(21)22-16(4,5)6/h10,13,17H,7-9,11H2,1-6H3,(H,18,21). The van der Waals surface area contributed by atoms with Crippen LogP contribution in [0, 0.1) is 13.8 Å². The summed E-state index contributed by atoms with van der Waals surface area (Å²) in [5, 5.41) is 10.6. The lowest BCUT2D eigenvalue weighted by molar-refractivity contribution is 0.0523. The highest BCUT2D eigenvalue weighted by molar-refractivity contribution is 5.67. The fraction of sp³-hybridized carbons (Fsp3) is 0.750. The number of amides is 1. The van der Waals surface area contributed by atoms with Gasteiger partial charge in [0.25, 0.3) is 0 Å². The van der Waals surface area contributed by atoms with Crippen molar-refractivity contribution in [3.63, 3.8) is 0 Å². The van der Waals surface area contributed by atoms with Crippen LogP contribution in [0.5, 0.6) is 0 Å². The zero-order valence-electron chi connectivity index (χ0n) is 14.7. The van der Waals surface area contributed by atoms with Gasteiger partial charge in [-0.1, -0.05) is 0 Å². The van der Waals surface area contributed by atoms with Gasteiger partial charge in [-0.15, -0.1) is 0 Å². The van der Waals surface area contributed by atoms with Crippen molar-refractivity contribution < 1.29 is 9.53 Å². The van der Waals surface area contributed by atoms with Crippen molar-refractivity contribution in [1.82, 2.24) is 20.4 Å². The second kappa shape index (κ2) is 8.17. The molecule has 1 atom stereocenters. The van der Waals surface area contributed by atoms with Crippen LogP contribution >= 0.6 is 0 Å². The second-order valence-electron chi connectivity index (χ2n) is 6.74.